The number of nitro groups is 1. The third-order valence-electron chi connectivity index (χ3n) is 4.77. The molecule has 0 fully saturated rings. The molecule has 0 aliphatic heterocycles. The second kappa shape index (κ2) is 11.2. The number of amides is 2. The summed E-state index contributed by atoms with van der Waals surface area (Å²) in [7, 11) is 1.42. The molecule has 3 aromatic carbocycles. The van der Waals surface area contributed by atoms with Gasteiger partial charge in [0.05, 0.1) is 30.7 Å². The van der Waals surface area contributed by atoms with Gasteiger partial charge in [0.2, 0.25) is 5.91 Å². The molecule has 0 aromatic heterocycles. The van der Waals surface area contributed by atoms with Crippen molar-refractivity contribution < 1.29 is 19.2 Å². The Morgan fingerprint density at radius 3 is 2.18 bits per heavy atom. The second-order valence-corrected chi connectivity index (χ2v) is 6.95. The van der Waals surface area contributed by atoms with Gasteiger partial charge in [-0.2, -0.15) is 5.10 Å². The number of nitro benzene ring substituents is 1. The van der Waals surface area contributed by atoms with Crippen LogP contribution in [0.25, 0.3) is 0 Å². The molecule has 9 nitrogen and oxygen atoms in total. The molecule has 0 atom stereocenters. The number of hydrazone groups is 1. The van der Waals surface area contributed by atoms with Crippen LogP contribution < -0.4 is 15.5 Å². The molecule has 0 aliphatic carbocycles. The SMILES string of the molecule is COc1ccc([N+](=O)[O-])cc1/C=N/NC(=O)CNC(=O)C(c1ccccc1)c1ccccc1. The average molecular weight is 446 g/mol. The molecule has 3 aromatic rings. The number of nitrogens with one attached hydrogen (secondary N) is 2. The standard InChI is InChI=1S/C24H22N4O5/c1-33-21-13-12-20(28(31)32)14-19(21)15-26-27-22(29)16-25-24(30)23(17-8-4-2-5-9-17)18-10-6-3-7-11-18/h2-15,23H,16H2,1H3,(H,25,30)(H,27,29)/b26-15+. The van der Waals surface area contributed by atoms with Crippen molar-refractivity contribution in [3.8, 4) is 5.75 Å². The lowest BCUT2D eigenvalue weighted by Gasteiger charge is -2.17. The summed E-state index contributed by atoms with van der Waals surface area (Å²) in [6.45, 7) is -0.293. The highest BCUT2D eigenvalue weighted by molar-refractivity contribution is 5.91. The fourth-order valence-corrected chi connectivity index (χ4v) is 3.21. The molecule has 0 heterocycles. The quantitative estimate of drug-likeness (QED) is 0.297. The Labute approximate surface area is 190 Å². The van der Waals surface area contributed by atoms with E-state index in [-0.39, 0.29) is 18.1 Å². The molecule has 0 bridgehead atoms. The van der Waals surface area contributed by atoms with E-state index in [1.807, 2.05) is 60.7 Å². The predicted molar refractivity (Wildman–Crippen MR) is 123 cm³/mol. The smallest absolute Gasteiger partial charge is 0.270 e. The van der Waals surface area contributed by atoms with Crippen molar-refractivity contribution in [2.45, 2.75) is 5.92 Å². The summed E-state index contributed by atoms with van der Waals surface area (Å²) in [4.78, 5) is 35.5. The maximum absolute atomic E-state index is 12.9. The van der Waals surface area contributed by atoms with E-state index in [2.05, 4.69) is 15.8 Å². The Morgan fingerprint density at radius 1 is 1.03 bits per heavy atom. The number of non-ortho nitro benzene ring substituents is 1. The first kappa shape index (κ1) is 23.1. The average Bonchev–Trinajstić information content (AvgIpc) is 2.84. The Hall–Kier alpha value is -4.53. The summed E-state index contributed by atoms with van der Waals surface area (Å²) in [6, 6.07) is 22.6. The molecule has 9 heteroatoms. The van der Waals surface area contributed by atoms with Gasteiger partial charge >= 0.3 is 0 Å². The molecular formula is C24H22N4O5. The van der Waals surface area contributed by atoms with Gasteiger partial charge in [-0.05, 0) is 17.2 Å². The molecule has 0 radical (unpaired) electrons. The van der Waals surface area contributed by atoms with Gasteiger partial charge < -0.3 is 10.1 Å². The molecule has 0 saturated carbocycles. The first-order valence-corrected chi connectivity index (χ1v) is 10.0. The molecule has 33 heavy (non-hydrogen) atoms. The van der Waals surface area contributed by atoms with Crippen molar-refractivity contribution in [3.63, 3.8) is 0 Å². The summed E-state index contributed by atoms with van der Waals surface area (Å²) >= 11 is 0. The molecule has 168 valence electrons. The largest absolute Gasteiger partial charge is 0.496 e. The molecule has 0 spiro atoms. The van der Waals surface area contributed by atoms with Crippen molar-refractivity contribution in [3.05, 3.63) is 106 Å². The molecule has 0 aliphatic rings. The van der Waals surface area contributed by atoms with Crippen LogP contribution in [0.2, 0.25) is 0 Å². The zero-order chi connectivity index (χ0) is 23.6. The lowest BCUT2D eigenvalue weighted by atomic mass is 9.90. The van der Waals surface area contributed by atoms with E-state index >= 15 is 0 Å². The molecule has 0 unspecified atom stereocenters. The second-order valence-electron chi connectivity index (χ2n) is 6.95. The van der Waals surface area contributed by atoms with E-state index in [1.165, 1.54) is 31.5 Å². The Balaban J connectivity index is 1.63. The molecular weight excluding hydrogens is 424 g/mol. The van der Waals surface area contributed by atoms with Gasteiger partial charge in [0.15, 0.2) is 0 Å². The van der Waals surface area contributed by atoms with Gasteiger partial charge in [0, 0.05) is 17.7 Å². The minimum Gasteiger partial charge on any atom is -0.496 e. The number of ether oxygens (including phenoxy) is 1. The van der Waals surface area contributed by atoms with Crippen LogP contribution in [-0.2, 0) is 9.59 Å². The van der Waals surface area contributed by atoms with Gasteiger partial charge in [0.25, 0.3) is 11.6 Å². The Kier molecular flexibility index (Phi) is 7.85. The number of hydrogen-bond acceptors (Lipinski definition) is 6. The summed E-state index contributed by atoms with van der Waals surface area (Å²) in [6.07, 6.45) is 1.24. The third-order valence-corrected chi connectivity index (χ3v) is 4.77. The Morgan fingerprint density at radius 2 is 1.64 bits per heavy atom. The van der Waals surface area contributed by atoms with Gasteiger partial charge in [-0.3, -0.25) is 19.7 Å². The van der Waals surface area contributed by atoms with Crippen LogP contribution in [-0.4, -0.2) is 36.6 Å². The number of carbonyl (C=O) groups is 2. The molecule has 3 rings (SSSR count). The lowest BCUT2D eigenvalue weighted by Crippen LogP contribution is -2.37. The monoisotopic (exact) mass is 446 g/mol. The minimum absolute atomic E-state index is 0.135. The molecule has 2 amide bonds. The normalized spacial score (nSPS) is 10.7. The van der Waals surface area contributed by atoms with Crippen molar-refractivity contribution in [2.24, 2.45) is 5.10 Å². The van der Waals surface area contributed by atoms with Crippen LogP contribution in [0, 0.1) is 10.1 Å². The van der Waals surface area contributed by atoms with Crippen LogP contribution in [0.4, 0.5) is 5.69 Å². The van der Waals surface area contributed by atoms with Crippen molar-refractivity contribution >= 4 is 23.7 Å². The van der Waals surface area contributed by atoms with E-state index in [1.54, 1.807) is 0 Å². The fourth-order valence-electron chi connectivity index (χ4n) is 3.21. The van der Waals surface area contributed by atoms with E-state index in [0.29, 0.717) is 11.3 Å². The van der Waals surface area contributed by atoms with Crippen molar-refractivity contribution in [2.75, 3.05) is 13.7 Å². The Bertz CT molecular complexity index is 1110. The van der Waals surface area contributed by atoms with Gasteiger partial charge in [-0.1, -0.05) is 60.7 Å². The zero-order valence-electron chi connectivity index (χ0n) is 17.8. The van der Waals surface area contributed by atoms with Crippen LogP contribution >= 0.6 is 0 Å². The van der Waals surface area contributed by atoms with E-state index in [4.69, 9.17) is 4.74 Å². The van der Waals surface area contributed by atoms with Crippen LogP contribution in [0.3, 0.4) is 0 Å². The highest BCUT2D eigenvalue weighted by atomic mass is 16.6. The van der Waals surface area contributed by atoms with E-state index in [9.17, 15) is 19.7 Å². The minimum atomic E-state index is -0.571. The maximum atomic E-state index is 12.9. The number of hydrogen-bond donors (Lipinski definition) is 2. The number of rotatable bonds is 9. The number of nitrogens with zero attached hydrogens (tertiary/aromatic N) is 2. The molecule has 0 saturated heterocycles. The van der Waals surface area contributed by atoms with Crippen LogP contribution in [0.5, 0.6) is 5.75 Å². The topological polar surface area (TPSA) is 123 Å². The summed E-state index contributed by atoms with van der Waals surface area (Å²) in [5, 5.41) is 17.4. The van der Waals surface area contributed by atoms with Crippen molar-refractivity contribution in [1.82, 2.24) is 10.7 Å². The summed E-state index contributed by atoms with van der Waals surface area (Å²) < 4.78 is 5.14. The lowest BCUT2D eigenvalue weighted by molar-refractivity contribution is -0.384. The fraction of sp³-hybridized carbons (Fsp3) is 0.125. The van der Waals surface area contributed by atoms with Crippen molar-refractivity contribution in [1.29, 1.82) is 0 Å². The van der Waals surface area contributed by atoms with Crippen LogP contribution in [0.15, 0.2) is 84.0 Å². The highest BCUT2D eigenvalue weighted by Gasteiger charge is 2.22. The predicted octanol–water partition coefficient (Wildman–Crippen LogP) is 3.00. The maximum Gasteiger partial charge on any atom is 0.270 e. The van der Waals surface area contributed by atoms with E-state index < -0.39 is 16.7 Å². The van der Waals surface area contributed by atoms with Crippen LogP contribution in [0.1, 0.15) is 22.6 Å². The number of methoxy groups -OCH3 is 1. The third kappa shape index (κ3) is 6.23. The summed E-state index contributed by atoms with van der Waals surface area (Å²) in [5.74, 6) is -1.09. The molecule has 2 N–H and O–H groups in total. The summed E-state index contributed by atoms with van der Waals surface area (Å²) in [5.41, 5.74) is 4.09. The van der Waals surface area contributed by atoms with E-state index in [0.717, 1.165) is 11.1 Å². The first-order chi connectivity index (χ1) is 16.0. The van der Waals surface area contributed by atoms with Gasteiger partial charge in [0.1, 0.15) is 5.75 Å². The highest BCUT2D eigenvalue weighted by Crippen LogP contribution is 2.25. The van der Waals surface area contributed by atoms with Gasteiger partial charge in [-0.25, -0.2) is 5.43 Å². The zero-order valence-corrected chi connectivity index (χ0v) is 17.8. The number of carbonyl (C=O) groups excluding carboxylic acids is 2. The first-order valence-electron chi connectivity index (χ1n) is 10.0. The number of benzene rings is 3. The van der Waals surface area contributed by atoms with Gasteiger partial charge in [-0.15, -0.1) is 0 Å².